The zero-order valence-electron chi connectivity index (χ0n) is 15.3. The predicted molar refractivity (Wildman–Crippen MR) is 99.2 cm³/mol. The molecule has 1 saturated heterocycles. The van der Waals surface area contributed by atoms with Crippen molar-refractivity contribution in [3.05, 3.63) is 34.1 Å². The van der Waals surface area contributed by atoms with Crippen LogP contribution in [0.3, 0.4) is 0 Å². The molecule has 1 aromatic heterocycles. The van der Waals surface area contributed by atoms with Crippen LogP contribution in [0.15, 0.2) is 22.9 Å². The van der Waals surface area contributed by atoms with Crippen LogP contribution < -0.4 is 10.2 Å². The number of rotatable bonds is 5. The van der Waals surface area contributed by atoms with Crippen molar-refractivity contribution in [2.45, 2.75) is 37.8 Å². The normalized spacial score (nSPS) is 23.9. The van der Waals surface area contributed by atoms with E-state index in [1.54, 1.807) is 4.90 Å². The lowest BCUT2D eigenvalue weighted by Gasteiger charge is -2.25. The molecule has 1 fully saturated rings. The number of β-amino-alcohol motifs (C(OH)–C–C–N with tert-alkyl or cyclic N) is 2. The lowest BCUT2D eigenvalue weighted by molar-refractivity contribution is -0.00133. The number of alkyl halides is 1. The molecule has 0 amide bonds. The van der Waals surface area contributed by atoms with E-state index in [4.69, 9.17) is 11.6 Å². The Bertz CT molecular complexity index is 844. The Labute approximate surface area is 165 Å². The van der Waals surface area contributed by atoms with Crippen LogP contribution in [-0.2, 0) is 0 Å². The van der Waals surface area contributed by atoms with Gasteiger partial charge in [0.2, 0.25) is 11.6 Å². The van der Waals surface area contributed by atoms with Gasteiger partial charge in [-0.2, -0.15) is 0 Å². The van der Waals surface area contributed by atoms with Crippen molar-refractivity contribution in [2.24, 2.45) is 0 Å². The fourth-order valence-corrected chi connectivity index (χ4v) is 3.24. The SMILES string of the molecule is CC(C)(O)[C@H](F)CNC1=C(Cl)C(=O)c2ccc(N3C[C@@H](O)[C@H](O)C3)nc2C1=O. The van der Waals surface area contributed by atoms with E-state index in [0.29, 0.717) is 5.82 Å². The van der Waals surface area contributed by atoms with E-state index in [2.05, 4.69) is 10.3 Å². The van der Waals surface area contributed by atoms with Gasteiger partial charge in [0.05, 0.1) is 23.4 Å². The van der Waals surface area contributed by atoms with E-state index in [-0.39, 0.29) is 35.1 Å². The monoisotopic (exact) mass is 413 g/mol. The molecule has 3 rings (SSSR count). The van der Waals surface area contributed by atoms with Crippen LogP contribution in [0.2, 0.25) is 0 Å². The lowest BCUT2D eigenvalue weighted by Crippen LogP contribution is -2.42. The number of halogens is 2. The standard InChI is InChI=1S/C18H21ClFN3O5/c1-18(2,28)11(20)5-21-15-13(19)16(26)8-3-4-12(22-14(8)17(15)27)23-6-9(24)10(25)7-23/h3-4,9-11,21,24-25,28H,5-7H2,1-2H3/t9-,10-,11-/m1/s1. The van der Waals surface area contributed by atoms with Gasteiger partial charge in [-0.25, -0.2) is 9.37 Å². The summed E-state index contributed by atoms with van der Waals surface area (Å²) in [5.41, 5.74) is -2.05. The van der Waals surface area contributed by atoms with E-state index in [0.717, 1.165) is 0 Å². The molecule has 0 bridgehead atoms. The summed E-state index contributed by atoms with van der Waals surface area (Å²) >= 11 is 6.02. The maximum atomic E-state index is 14.0. The third kappa shape index (κ3) is 3.75. The number of fused-ring (bicyclic) bond motifs is 1. The smallest absolute Gasteiger partial charge is 0.229 e. The number of allylic oxidation sites excluding steroid dienone is 2. The Balaban J connectivity index is 1.87. The number of ketones is 2. The highest BCUT2D eigenvalue weighted by molar-refractivity contribution is 6.49. The Morgan fingerprint density at radius 1 is 1.29 bits per heavy atom. The molecule has 4 N–H and O–H groups in total. The summed E-state index contributed by atoms with van der Waals surface area (Å²) in [6.45, 7) is 2.40. The Morgan fingerprint density at radius 2 is 1.89 bits per heavy atom. The first-order valence-electron chi connectivity index (χ1n) is 8.72. The van der Waals surface area contributed by atoms with Gasteiger partial charge in [0, 0.05) is 19.6 Å². The number of aliphatic hydroxyl groups is 3. The quantitative estimate of drug-likeness (QED) is 0.538. The van der Waals surface area contributed by atoms with Gasteiger partial charge in [0.25, 0.3) is 0 Å². The highest BCUT2D eigenvalue weighted by Gasteiger charge is 2.36. The number of carbonyl (C=O) groups excluding carboxylic acids is 2. The van der Waals surface area contributed by atoms with E-state index in [1.165, 1.54) is 26.0 Å². The first-order chi connectivity index (χ1) is 13.0. The van der Waals surface area contributed by atoms with Crippen LogP contribution in [0, 0.1) is 0 Å². The Kier molecular flexibility index (Phi) is 5.46. The van der Waals surface area contributed by atoms with Gasteiger partial charge < -0.3 is 25.5 Å². The summed E-state index contributed by atoms with van der Waals surface area (Å²) in [6, 6.07) is 2.91. The molecule has 1 aromatic rings. The van der Waals surface area contributed by atoms with Gasteiger partial charge in [-0.1, -0.05) is 11.6 Å². The molecule has 10 heteroatoms. The average Bonchev–Trinajstić information content (AvgIpc) is 2.97. The molecule has 1 aliphatic carbocycles. The molecule has 0 unspecified atom stereocenters. The summed E-state index contributed by atoms with van der Waals surface area (Å²) in [4.78, 5) is 31.1. The molecule has 0 spiro atoms. The average molecular weight is 414 g/mol. The summed E-state index contributed by atoms with van der Waals surface area (Å²) < 4.78 is 14.0. The van der Waals surface area contributed by atoms with Crippen molar-refractivity contribution in [3.63, 3.8) is 0 Å². The minimum Gasteiger partial charge on any atom is -0.389 e. The van der Waals surface area contributed by atoms with Crippen molar-refractivity contribution < 1.29 is 29.3 Å². The van der Waals surface area contributed by atoms with E-state index < -0.39 is 42.1 Å². The Morgan fingerprint density at radius 3 is 2.46 bits per heavy atom. The molecule has 3 atom stereocenters. The van der Waals surface area contributed by atoms with Crippen molar-refractivity contribution in [1.82, 2.24) is 10.3 Å². The van der Waals surface area contributed by atoms with Gasteiger partial charge in [-0.15, -0.1) is 0 Å². The zero-order valence-corrected chi connectivity index (χ0v) is 16.1. The molecule has 152 valence electrons. The van der Waals surface area contributed by atoms with E-state index in [9.17, 15) is 29.3 Å². The van der Waals surface area contributed by atoms with Gasteiger partial charge in [-0.3, -0.25) is 9.59 Å². The molecule has 2 heterocycles. The summed E-state index contributed by atoms with van der Waals surface area (Å²) in [6.07, 6.45) is -3.59. The molecular weight excluding hydrogens is 393 g/mol. The molecule has 0 saturated carbocycles. The third-order valence-electron chi connectivity index (χ3n) is 4.79. The van der Waals surface area contributed by atoms with E-state index in [1.807, 2.05) is 0 Å². The van der Waals surface area contributed by atoms with Crippen LogP contribution >= 0.6 is 11.6 Å². The molecule has 0 aromatic carbocycles. The van der Waals surface area contributed by atoms with Crippen molar-refractivity contribution in [3.8, 4) is 0 Å². The first kappa shape index (κ1) is 20.7. The molecule has 2 aliphatic rings. The second kappa shape index (κ2) is 7.40. The topological polar surface area (TPSA) is 123 Å². The number of nitrogens with zero attached hydrogens (tertiary/aromatic N) is 2. The summed E-state index contributed by atoms with van der Waals surface area (Å²) in [7, 11) is 0. The van der Waals surface area contributed by atoms with Crippen LogP contribution in [-0.4, -0.2) is 75.5 Å². The number of aliphatic hydroxyl groups excluding tert-OH is 2. The fourth-order valence-electron chi connectivity index (χ4n) is 2.99. The molecule has 0 radical (unpaired) electrons. The van der Waals surface area contributed by atoms with Crippen LogP contribution in [0.4, 0.5) is 10.2 Å². The van der Waals surface area contributed by atoms with Crippen LogP contribution in [0.5, 0.6) is 0 Å². The van der Waals surface area contributed by atoms with E-state index >= 15 is 0 Å². The van der Waals surface area contributed by atoms with Crippen LogP contribution in [0.25, 0.3) is 0 Å². The van der Waals surface area contributed by atoms with Crippen molar-refractivity contribution in [1.29, 1.82) is 0 Å². The zero-order chi connectivity index (χ0) is 20.8. The van der Waals surface area contributed by atoms with Gasteiger partial charge >= 0.3 is 0 Å². The minimum atomic E-state index is -1.71. The fraction of sp³-hybridized carbons (Fsp3) is 0.500. The summed E-state index contributed by atoms with van der Waals surface area (Å²) in [5.74, 6) is -0.990. The van der Waals surface area contributed by atoms with Crippen molar-refractivity contribution in [2.75, 3.05) is 24.5 Å². The maximum absolute atomic E-state index is 14.0. The maximum Gasteiger partial charge on any atom is 0.229 e. The second-order valence-corrected chi connectivity index (χ2v) is 7.83. The molecule has 28 heavy (non-hydrogen) atoms. The molecular formula is C18H21ClFN3O5. The number of anilines is 1. The van der Waals surface area contributed by atoms with Crippen molar-refractivity contribution >= 4 is 29.0 Å². The minimum absolute atomic E-state index is 0.0175. The summed E-state index contributed by atoms with van der Waals surface area (Å²) in [5, 5.41) is 31.2. The number of hydrogen-bond donors (Lipinski definition) is 4. The van der Waals surface area contributed by atoms with Gasteiger partial charge in [0.1, 0.15) is 28.4 Å². The number of aromatic nitrogens is 1. The van der Waals surface area contributed by atoms with Gasteiger partial charge in [0.15, 0.2) is 0 Å². The number of carbonyl (C=O) groups is 2. The third-order valence-corrected chi connectivity index (χ3v) is 5.15. The second-order valence-electron chi connectivity index (χ2n) is 7.45. The highest BCUT2D eigenvalue weighted by atomic mass is 35.5. The Hall–Kier alpha value is -2.07. The lowest BCUT2D eigenvalue weighted by atomic mass is 9.96. The predicted octanol–water partition coefficient (Wildman–Crippen LogP) is 0.151. The number of hydrogen-bond acceptors (Lipinski definition) is 8. The highest BCUT2D eigenvalue weighted by Crippen LogP contribution is 2.29. The number of Topliss-reactive ketones (excluding diaryl/α,β-unsaturated/α-hetero) is 2. The number of nitrogens with one attached hydrogen (secondary N) is 1. The number of pyridine rings is 1. The first-order valence-corrected chi connectivity index (χ1v) is 9.10. The van der Waals surface area contributed by atoms with Gasteiger partial charge in [-0.05, 0) is 26.0 Å². The molecule has 8 nitrogen and oxygen atoms in total. The molecule has 1 aliphatic heterocycles. The largest absolute Gasteiger partial charge is 0.389 e. The van der Waals surface area contributed by atoms with Crippen LogP contribution in [0.1, 0.15) is 34.7 Å².